The number of alkyl halides is 1. The first-order chi connectivity index (χ1) is 8.22. The van der Waals surface area contributed by atoms with E-state index in [-0.39, 0.29) is 11.9 Å². The van der Waals surface area contributed by atoms with Crippen LogP contribution in [0.4, 0.5) is 0 Å². The lowest BCUT2D eigenvalue weighted by atomic mass is 10.1. The molecule has 1 unspecified atom stereocenters. The van der Waals surface area contributed by atoms with Crippen molar-refractivity contribution in [1.82, 2.24) is 5.32 Å². The molecule has 1 aromatic heterocycles. The van der Waals surface area contributed by atoms with Crippen molar-refractivity contribution >= 4 is 17.5 Å². The molecule has 1 heterocycles. The summed E-state index contributed by atoms with van der Waals surface area (Å²) in [6.45, 7) is 2.02. The molecule has 0 fully saturated rings. The number of carbonyl (C=O) groups is 1. The zero-order chi connectivity index (χ0) is 12.5. The molecule has 0 aliphatic heterocycles. The number of amides is 1. The van der Waals surface area contributed by atoms with E-state index in [1.807, 2.05) is 19.1 Å². The first-order valence-corrected chi connectivity index (χ1v) is 6.63. The van der Waals surface area contributed by atoms with Crippen LogP contribution in [-0.2, 0) is 11.2 Å². The van der Waals surface area contributed by atoms with E-state index < -0.39 is 0 Å². The highest BCUT2D eigenvalue weighted by molar-refractivity contribution is 6.17. The smallest absolute Gasteiger partial charge is 0.220 e. The maximum absolute atomic E-state index is 11.5. The van der Waals surface area contributed by atoms with Gasteiger partial charge in [-0.05, 0) is 38.3 Å². The highest BCUT2D eigenvalue weighted by Gasteiger charge is 2.07. The van der Waals surface area contributed by atoms with Crippen molar-refractivity contribution in [1.29, 1.82) is 0 Å². The Kier molecular flexibility index (Phi) is 6.78. The summed E-state index contributed by atoms with van der Waals surface area (Å²) in [4.78, 5) is 11.5. The molecule has 1 amide bonds. The predicted octanol–water partition coefficient (Wildman–Crippen LogP) is 3.13. The van der Waals surface area contributed by atoms with Crippen LogP contribution in [0.2, 0.25) is 0 Å². The number of furan rings is 1. The highest BCUT2D eigenvalue weighted by Crippen LogP contribution is 2.06. The molecule has 0 aliphatic carbocycles. The SMILES string of the molecule is CC(CCc1ccco1)NC(=O)CCCCCl. The number of hydrogen-bond donors (Lipinski definition) is 1. The molecule has 1 N–H and O–H groups in total. The molecule has 0 saturated carbocycles. The maximum Gasteiger partial charge on any atom is 0.220 e. The summed E-state index contributed by atoms with van der Waals surface area (Å²) in [7, 11) is 0. The number of carbonyl (C=O) groups excluding carboxylic acids is 1. The summed E-state index contributed by atoms with van der Waals surface area (Å²) < 4.78 is 5.24. The Morgan fingerprint density at radius 3 is 3.00 bits per heavy atom. The van der Waals surface area contributed by atoms with E-state index in [0.29, 0.717) is 12.3 Å². The average molecular weight is 258 g/mol. The van der Waals surface area contributed by atoms with Gasteiger partial charge in [0.2, 0.25) is 5.91 Å². The van der Waals surface area contributed by atoms with E-state index in [4.69, 9.17) is 16.0 Å². The predicted molar refractivity (Wildman–Crippen MR) is 69.2 cm³/mol. The Balaban J connectivity index is 2.11. The molecule has 0 saturated heterocycles. The summed E-state index contributed by atoms with van der Waals surface area (Å²) in [5.74, 6) is 1.71. The third-order valence-electron chi connectivity index (χ3n) is 2.60. The Morgan fingerprint density at radius 1 is 1.53 bits per heavy atom. The minimum atomic E-state index is 0.113. The van der Waals surface area contributed by atoms with Crippen molar-refractivity contribution in [3.63, 3.8) is 0 Å². The van der Waals surface area contributed by atoms with E-state index in [1.165, 1.54) is 0 Å². The van der Waals surface area contributed by atoms with Crippen LogP contribution in [0.15, 0.2) is 22.8 Å². The first-order valence-electron chi connectivity index (χ1n) is 6.10. The second-order valence-electron chi connectivity index (χ2n) is 4.23. The van der Waals surface area contributed by atoms with E-state index in [1.54, 1.807) is 6.26 Å². The van der Waals surface area contributed by atoms with Crippen LogP contribution in [0.5, 0.6) is 0 Å². The Bertz CT molecular complexity index is 311. The normalized spacial score (nSPS) is 12.4. The van der Waals surface area contributed by atoms with Gasteiger partial charge in [0.1, 0.15) is 5.76 Å². The van der Waals surface area contributed by atoms with Crippen LogP contribution >= 0.6 is 11.6 Å². The fourth-order valence-electron chi connectivity index (χ4n) is 1.61. The molecule has 17 heavy (non-hydrogen) atoms. The number of rotatable bonds is 8. The fraction of sp³-hybridized carbons (Fsp3) is 0.615. The van der Waals surface area contributed by atoms with Gasteiger partial charge in [0.25, 0.3) is 0 Å². The lowest BCUT2D eigenvalue weighted by Crippen LogP contribution is -2.32. The zero-order valence-corrected chi connectivity index (χ0v) is 11.0. The van der Waals surface area contributed by atoms with Crippen molar-refractivity contribution in [3.8, 4) is 0 Å². The van der Waals surface area contributed by atoms with E-state index >= 15 is 0 Å². The summed E-state index contributed by atoms with van der Waals surface area (Å²) in [5, 5.41) is 2.98. The standard InChI is InChI=1S/C13H20ClNO2/c1-11(7-8-12-5-4-10-17-12)15-13(16)6-2-3-9-14/h4-5,10-11H,2-3,6-9H2,1H3,(H,15,16). The number of aryl methyl sites for hydroxylation is 1. The second-order valence-corrected chi connectivity index (χ2v) is 4.61. The molecular weight excluding hydrogens is 238 g/mol. The van der Waals surface area contributed by atoms with Gasteiger partial charge in [0.15, 0.2) is 0 Å². The Morgan fingerprint density at radius 2 is 2.35 bits per heavy atom. The monoisotopic (exact) mass is 257 g/mol. The average Bonchev–Trinajstić information content (AvgIpc) is 2.79. The van der Waals surface area contributed by atoms with Crippen molar-refractivity contribution in [2.24, 2.45) is 0 Å². The molecule has 0 bridgehead atoms. The quantitative estimate of drug-likeness (QED) is 0.574. The molecule has 0 aliphatic rings. The van der Waals surface area contributed by atoms with Gasteiger partial charge in [-0.25, -0.2) is 0 Å². The Labute approximate surface area is 108 Å². The molecule has 3 nitrogen and oxygen atoms in total. The van der Waals surface area contributed by atoms with Crippen LogP contribution in [0.25, 0.3) is 0 Å². The summed E-state index contributed by atoms with van der Waals surface area (Å²) in [5.41, 5.74) is 0. The molecule has 1 aromatic rings. The van der Waals surface area contributed by atoms with E-state index in [9.17, 15) is 4.79 Å². The van der Waals surface area contributed by atoms with Gasteiger partial charge in [-0.1, -0.05) is 0 Å². The lowest BCUT2D eigenvalue weighted by Gasteiger charge is -2.12. The van der Waals surface area contributed by atoms with Crippen molar-refractivity contribution in [3.05, 3.63) is 24.2 Å². The van der Waals surface area contributed by atoms with Gasteiger partial charge in [-0.3, -0.25) is 4.79 Å². The largest absolute Gasteiger partial charge is 0.469 e. The second kappa shape index (κ2) is 8.18. The van der Waals surface area contributed by atoms with Crippen LogP contribution in [0.1, 0.15) is 38.4 Å². The van der Waals surface area contributed by atoms with Gasteiger partial charge >= 0.3 is 0 Å². The van der Waals surface area contributed by atoms with Crippen molar-refractivity contribution < 1.29 is 9.21 Å². The number of hydrogen-bond acceptors (Lipinski definition) is 2. The molecule has 0 spiro atoms. The van der Waals surface area contributed by atoms with E-state index in [0.717, 1.165) is 31.4 Å². The Hall–Kier alpha value is -0.960. The first kappa shape index (κ1) is 14.1. The molecule has 0 radical (unpaired) electrons. The van der Waals surface area contributed by atoms with Crippen LogP contribution in [0, 0.1) is 0 Å². The van der Waals surface area contributed by atoms with Gasteiger partial charge in [0.05, 0.1) is 6.26 Å². The summed E-state index contributed by atoms with van der Waals surface area (Å²) >= 11 is 5.56. The summed E-state index contributed by atoms with van der Waals surface area (Å²) in [6.07, 6.45) is 5.75. The van der Waals surface area contributed by atoms with E-state index in [2.05, 4.69) is 5.32 Å². The van der Waals surface area contributed by atoms with Gasteiger partial charge < -0.3 is 9.73 Å². The minimum Gasteiger partial charge on any atom is -0.469 e. The van der Waals surface area contributed by atoms with Crippen LogP contribution < -0.4 is 5.32 Å². The van der Waals surface area contributed by atoms with Gasteiger partial charge in [-0.15, -0.1) is 11.6 Å². The summed E-state index contributed by atoms with van der Waals surface area (Å²) in [6, 6.07) is 4.02. The highest BCUT2D eigenvalue weighted by atomic mass is 35.5. The molecular formula is C13H20ClNO2. The molecule has 1 rings (SSSR count). The van der Waals surface area contributed by atoms with Gasteiger partial charge in [0, 0.05) is 24.8 Å². The fourth-order valence-corrected chi connectivity index (χ4v) is 1.80. The number of unbranched alkanes of at least 4 members (excludes halogenated alkanes) is 1. The number of nitrogens with one attached hydrogen (secondary N) is 1. The van der Waals surface area contributed by atoms with Crippen molar-refractivity contribution in [2.45, 2.75) is 45.1 Å². The molecule has 96 valence electrons. The lowest BCUT2D eigenvalue weighted by molar-refractivity contribution is -0.121. The maximum atomic E-state index is 11.5. The third kappa shape index (κ3) is 6.37. The third-order valence-corrected chi connectivity index (χ3v) is 2.87. The molecule has 4 heteroatoms. The minimum absolute atomic E-state index is 0.113. The zero-order valence-electron chi connectivity index (χ0n) is 10.2. The van der Waals surface area contributed by atoms with Crippen LogP contribution in [0.3, 0.4) is 0 Å². The molecule has 0 aromatic carbocycles. The number of halogens is 1. The van der Waals surface area contributed by atoms with Gasteiger partial charge in [-0.2, -0.15) is 0 Å². The van der Waals surface area contributed by atoms with Crippen LogP contribution in [-0.4, -0.2) is 17.8 Å². The molecule has 1 atom stereocenters. The topological polar surface area (TPSA) is 42.2 Å². The van der Waals surface area contributed by atoms with Crippen molar-refractivity contribution in [2.75, 3.05) is 5.88 Å².